The molecule has 1 amide bonds. The molecule has 0 aliphatic rings. The number of phenolic OH excluding ortho intramolecular Hbond substituents is 1. The zero-order valence-corrected chi connectivity index (χ0v) is 10.2. The van der Waals surface area contributed by atoms with Crippen LogP contribution in [0.5, 0.6) is 5.75 Å². The molecule has 0 spiro atoms. The number of amides is 1. The number of nitrogens with zero attached hydrogens (tertiary/aromatic N) is 1. The zero-order chi connectivity index (χ0) is 14.4. The van der Waals surface area contributed by atoms with Gasteiger partial charge in [-0.05, 0) is 24.6 Å². The lowest BCUT2D eigenvalue weighted by atomic mass is 10.1. The Labute approximate surface area is 109 Å². The molecule has 100 valence electrons. The Balaban J connectivity index is 3.09. The van der Waals surface area contributed by atoms with Crippen LogP contribution in [0.25, 0.3) is 6.08 Å². The van der Waals surface area contributed by atoms with Crippen molar-refractivity contribution in [2.75, 3.05) is 6.54 Å². The van der Waals surface area contributed by atoms with Crippen LogP contribution in [0.15, 0.2) is 17.7 Å². The van der Waals surface area contributed by atoms with Crippen molar-refractivity contribution in [3.05, 3.63) is 34.9 Å². The summed E-state index contributed by atoms with van der Waals surface area (Å²) in [6.07, 6.45) is 1.62. The molecule has 2 N–H and O–H groups in total. The number of nitrogens with one attached hydrogen (secondary N) is 1. The van der Waals surface area contributed by atoms with Crippen LogP contribution < -0.4 is 5.32 Å². The summed E-state index contributed by atoms with van der Waals surface area (Å²) in [6.45, 7) is 2.22. The maximum Gasteiger partial charge on any atom is 0.261 e. The second-order valence-electron chi connectivity index (χ2n) is 3.73. The summed E-state index contributed by atoms with van der Waals surface area (Å²) in [5.74, 6) is -4.21. The summed E-state index contributed by atoms with van der Waals surface area (Å²) in [6, 6.07) is 3.65. The summed E-state index contributed by atoms with van der Waals surface area (Å²) in [5.41, 5.74) is -0.615. The van der Waals surface area contributed by atoms with Gasteiger partial charge < -0.3 is 10.4 Å². The molecule has 0 radical (unpaired) electrons. The second kappa shape index (κ2) is 6.50. The molecule has 0 aliphatic carbocycles. The van der Waals surface area contributed by atoms with Crippen molar-refractivity contribution in [3.8, 4) is 11.8 Å². The minimum Gasteiger partial charge on any atom is -0.505 e. The summed E-state index contributed by atoms with van der Waals surface area (Å²) in [5, 5.41) is 20.2. The molecule has 4 nitrogen and oxygen atoms in total. The Morgan fingerprint density at radius 1 is 1.47 bits per heavy atom. The quantitative estimate of drug-likeness (QED) is 0.647. The molecule has 0 aromatic heterocycles. The van der Waals surface area contributed by atoms with Gasteiger partial charge in [0.1, 0.15) is 11.6 Å². The Kier molecular flexibility index (Phi) is 5.01. The molecule has 1 aromatic rings. The van der Waals surface area contributed by atoms with Crippen LogP contribution in [-0.4, -0.2) is 17.6 Å². The fraction of sp³-hybridized carbons (Fsp3) is 0.231. The number of benzene rings is 1. The molecule has 0 atom stereocenters. The van der Waals surface area contributed by atoms with Gasteiger partial charge in [0.05, 0.1) is 0 Å². The van der Waals surface area contributed by atoms with E-state index < -0.39 is 23.3 Å². The van der Waals surface area contributed by atoms with Gasteiger partial charge in [-0.25, -0.2) is 4.39 Å². The average Bonchev–Trinajstić information content (AvgIpc) is 2.41. The van der Waals surface area contributed by atoms with Gasteiger partial charge in [0.2, 0.25) is 5.82 Å². The minimum atomic E-state index is -1.42. The highest BCUT2D eigenvalue weighted by molar-refractivity contribution is 6.01. The third kappa shape index (κ3) is 3.52. The average molecular weight is 266 g/mol. The van der Waals surface area contributed by atoms with E-state index in [2.05, 4.69) is 5.32 Å². The van der Waals surface area contributed by atoms with Gasteiger partial charge in [0.25, 0.3) is 5.91 Å². The summed E-state index contributed by atoms with van der Waals surface area (Å²) >= 11 is 0. The van der Waals surface area contributed by atoms with E-state index in [-0.39, 0.29) is 11.1 Å². The molecule has 0 unspecified atom stereocenters. The molecule has 0 aliphatic heterocycles. The Hall–Kier alpha value is -2.42. The third-order valence-electron chi connectivity index (χ3n) is 2.29. The van der Waals surface area contributed by atoms with Crippen molar-refractivity contribution < 1.29 is 18.7 Å². The van der Waals surface area contributed by atoms with Gasteiger partial charge in [0, 0.05) is 12.1 Å². The molecule has 19 heavy (non-hydrogen) atoms. The van der Waals surface area contributed by atoms with E-state index in [4.69, 9.17) is 10.4 Å². The van der Waals surface area contributed by atoms with Crippen molar-refractivity contribution >= 4 is 12.0 Å². The topological polar surface area (TPSA) is 73.1 Å². The van der Waals surface area contributed by atoms with Gasteiger partial charge in [-0.15, -0.1) is 0 Å². The Bertz CT molecular complexity index is 562. The molecular weight excluding hydrogens is 254 g/mol. The number of carbonyl (C=O) groups is 1. The van der Waals surface area contributed by atoms with Crippen molar-refractivity contribution in [1.82, 2.24) is 5.32 Å². The van der Waals surface area contributed by atoms with Crippen LogP contribution >= 0.6 is 0 Å². The standard InChI is InChI=1S/C13H12F2N2O2/c1-2-5-17-13(19)9(7-16)6-8-3-4-10(18)12(15)11(8)14/h3-4,6,18H,2,5H2,1H3,(H,17,19)/b9-6+. The van der Waals surface area contributed by atoms with E-state index in [1.165, 1.54) is 0 Å². The van der Waals surface area contributed by atoms with Crippen LogP contribution in [0.4, 0.5) is 8.78 Å². The Morgan fingerprint density at radius 2 is 2.16 bits per heavy atom. The molecule has 1 rings (SSSR count). The molecule has 6 heteroatoms. The first-order valence-corrected chi connectivity index (χ1v) is 5.58. The van der Waals surface area contributed by atoms with Crippen LogP contribution in [0, 0.1) is 23.0 Å². The highest BCUT2D eigenvalue weighted by Gasteiger charge is 2.14. The predicted octanol–water partition coefficient (Wildman–Crippen LogP) is 2.10. The van der Waals surface area contributed by atoms with E-state index in [1.54, 1.807) is 6.07 Å². The van der Waals surface area contributed by atoms with E-state index in [9.17, 15) is 13.6 Å². The molecule has 0 saturated heterocycles. The fourth-order valence-corrected chi connectivity index (χ4v) is 1.30. The first-order chi connectivity index (χ1) is 9.01. The van der Waals surface area contributed by atoms with Crippen molar-refractivity contribution in [2.45, 2.75) is 13.3 Å². The van der Waals surface area contributed by atoms with Gasteiger partial charge in [-0.1, -0.05) is 6.92 Å². The molecule has 1 aromatic carbocycles. The maximum absolute atomic E-state index is 13.5. The lowest BCUT2D eigenvalue weighted by Gasteiger charge is -2.03. The third-order valence-corrected chi connectivity index (χ3v) is 2.29. The largest absolute Gasteiger partial charge is 0.505 e. The van der Waals surface area contributed by atoms with Crippen molar-refractivity contribution in [3.63, 3.8) is 0 Å². The summed E-state index contributed by atoms with van der Waals surface area (Å²) in [7, 11) is 0. The summed E-state index contributed by atoms with van der Waals surface area (Å²) in [4.78, 5) is 11.5. The summed E-state index contributed by atoms with van der Waals surface area (Å²) < 4.78 is 26.6. The molecule has 0 bridgehead atoms. The number of hydrogen-bond donors (Lipinski definition) is 2. The molecule has 0 fully saturated rings. The van der Waals surface area contributed by atoms with Crippen molar-refractivity contribution in [2.24, 2.45) is 0 Å². The lowest BCUT2D eigenvalue weighted by molar-refractivity contribution is -0.117. The van der Waals surface area contributed by atoms with E-state index in [0.717, 1.165) is 18.2 Å². The lowest BCUT2D eigenvalue weighted by Crippen LogP contribution is -2.25. The van der Waals surface area contributed by atoms with Gasteiger partial charge in [-0.2, -0.15) is 9.65 Å². The van der Waals surface area contributed by atoms with Crippen LogP contribution in [0.1, 0.15) is 18.9 Å². The van der Waals surface area contributed by atoms with Gasteiger partial charge >= 0.3 is 0 Å². The number of carbonyl (C=O) groups excluding carboxylic acids is 1. The smallest absolute Gasteiger partial charge is 0.261 e. The highest BCUT2D eigenvalue weighted by atomic mass is 19.2. The zero-order valence-electron chi connectivity index (χ0n) is 10.2. The number of nitriles is 1. The number of rotatable bonds is 4. The minimum absolute atomic E-state index is 0.279. The van der Waals surface area contributed by atoms with Crippen LogP contribution in [0.2, 0.25) is 0 Å². The molecular formula is C13H12F2N2O2. The van der Waals surface area contributed by atoms with Gasteiger partial charge in [-0.3, -0.25) is 4.79 Å². The number of halogens is 2. The second-order valence-corrected chi connectivity index (χ2v) is 3.73. The maximum atomic E-state index is 13.5. The fourth-order valence-electron chi connectivity index (χ4n) is 1.30. The van der Waals surface area contributed by atoms with E-state index in [0.29, 0.717) is 13.0 Å². The first kappa shape index (κ1) is 14.6. The first-order valence-electron chi connectivity index (χ1n) is 5.58. The van der Waals surface area contributed by atoms with E-state index >= 15 is 0 Å². The van der Waals surface area contributed by atoms with Crippen molar-refractivity contribution in [1.29, 1.82) is 5.26 Å². The number of phenols is 1. The van der Waals surface area contributed by atoms with Gasteiger partial charge in [0.15, 0.2) is 11.6 Å². The normalized spacial score (nSPS) is 10.9. The van der Waals surface area contributed by atoms with Crippen LogP contribution in [-0.2, 0) is 4.79 Å². The van der Waals surface area contributed by atoms with E-state index in [1.807, 2.05) is 6.92 Å². The highest BCUT2D eigenvalue weighted by Crippen LogP contribution is 2.22. The number of aromatic hydroxyl groups is 1. The number of hydrogen-bond acceptors (Lipinski definition) is 3. The monoisotopic (exact) mass is 266 g/mol. The molecule has 0 saturated carbocycles. The Morgan fingerprint density at radius 3 is 2.74 bits per heavy atom. The molecule has 0 heterocycles. The SMILES string of the molecule is CCCNC(=O)/C(C#N)=C/c1ccc(O)c(F)c1F. The van der Waals surface area contributed by atoms with Crippen LogP contribution in [0.3, 0.4) is 0 Å². The predicted molar refractivity (Wildman–Crippen MR) is 64.9 cm³/mol.